The van der Waals surface area contributed by atoms with Gasteiger partial charge in [0.15, 0.2) is 0 Å². The third-order valence-corrected chi connectivity index (χ3v) is 5.30. The second-order valence-corrected chi connectivity index (χ2v) is 8.40. The van der Waals surface area contributed by atoms with Gasteiger partial charge in [0, 0.05) is 11.8 Å². The number of unbranched alkanes of at least 4 members (excludes halogenated alkanes) is 6. The molecule has 1 atom stereocenters. The summed E-state index contributed by atoms with van der Waals surface area (Å²) in [6.45, 7) is -0.329. The second-order valence-electron chi connectivity index (χ2n) is 6.51. The molecule has 0 unspecified atom stereocenters. The van der Waals surface area contributed by atoms with Crippen LogP contribution >= 0.6 is 23.8 Å². The van der Waals surface area contributed by atoms with E-state index in [1.54, 1.807) is 0 Å². The van der Waals surface area contributed by atoms with Gasteiger partial charge >= 0.3 is 13.8 Å². The van der Waals surface area contributed by atoms with Crippen molar-refractivity contribution in [2.45, 2.75) is 63.9 Å². The molecular formula is C19H30BrO6P. The molecule has 0 saturated heterocycles. The summed E-state index contributed by atoms with van der Waals surface area (Å²) in [5.74, 6) is -0.364. The number of alkyl halides is 1. The zero-order valence-corrected chi connectivity index (χ0v) is 18.1. The van der Waals surface area contributed by atoms with Crippen molar-refractivity contribution in [1.82, 2.24) is 0 Å². The van der Waals surface area contributed by atoms with Gasteiger partial charge in [-0.3, -0.25) is 9.32 Å². The average molecular weight is 465 g/mol. The molecular weight excluding hydrogens is 435 g/mol. The van der Waals surface area contributed by atoms with E-state index in [2.05, 4.69) is 44.7 Å². The van der Waals surface area contributed by atoms with Crippen LogP contribution in [0.25, 0.3) is 0 Å². The third kappa shape index (κ3) is 14.0. The Kier molecular flexibility index (Phi) is 12.9. The molecule has 154 valence electrons. The van der Waals surface area contributed by atoms with Gasteiger partial charge in [0.05, 0.1) is 6.61 Å². The SMILES string of the molecule is O=C(CCCCCCCCCc1ccccc1)O[C@@H](CBr)COP(=O)(O)O. The topological polar surface area (TPSA) is 93.1 Å². The molecule has 0 radical (unpaired) electrons. The Morgan fingerprint density at radius 2 is 1.59 bits per heavy atom. The Balaban J connectivity index is 1.97. The van der Waals surface area contributed by atoms with E-state index < -0.39 is 13.9 Å². The van der Waals surface area contributed by atoms with Crippen molar-refractivity contribution in [3.63, 3.8) is 0 Å². The number of benzene rings is 1. The van der Waals surface area contributed by atoms with E-state index in [1.165, 1.54) is 31.2 Å². The molecule has 2 N–H and O–H groups in total. The summed E-state index contributed by atoms with van der Waals surface area (Å²) in [6, 6.07) is 10.5. The summed E-state index contributed by atoms with van der Waals surface area (Å²) < 4.78 is 20.2. The predicted molar refractivity (Wildman–Crippen MR) is 109 cm³/mol. The lowest BCUT2D eigenvalue weighted by Crippen LogP contribution is -2.24. The Labute approximate surface area is 170 Å². The van der Waals surface area contributed by atoms with Crippen molar-refractivity contribution in [2.75, 3.05) is 11.9 Å². The van der Waals surface area contributed by atoms with Gasteiger partial charge in [-0.05, 0) is 24.8 Å². The highest BCUT2D eigenvalue weighted by atomic mass is 79.9. The fourth-order valence-electron chi connectivity index (χ4n) is 2.66. The van der Waals surface area contributed by atoms with Crippen LogP contribution in [0.5, 0.6) is 0 Å². The molecule has 1 aromatic carbocycles. The van der Waals surface area contributed by atoms with Gasteiger partial charge in [-0.2, -0.15) is 0 Å². The lowest BCUT2D eigenvalue weighted by atomic mass is 10.0. The monoisotopic (exact) mass is 464 g/mol. The van der Waals surface area contributed by atoms with Crippen molar-refractivity contribution in [2.24, 2.45) is 0 Å². The smallest absolute Gasteiger partial charge is 0.459 e. The van der Waals surface area contributed by atoms with Crippen LogP contribution in [0.15, 0.2) is 30.3 Å². The summed E-state index contributed by atoms with van der Waals surface area (Å²) in [6.07, 6.45) is 8.40. The van der Waals surface area contributed by atoms with E-state index in [0.717, 1.165) is 25.7 Å². The van der Waals surface area contributed by atoms with Crippen LogP contribution in [-0.4, -0.2) is 33.8 Å². The summed E-state index contributed by atoms with van der Waals surface area (Å²) in [5, 5.41) is 0.266. The van der Waals surface area contributed by atoms with Gasteiger partial charge < -0.3 is 14.5 Å². The number of rotatable bonds is 15. The van der Waals surface area contributed by atoms with E-state index in [9.17, 15) is 9.36 Å². The lowest BCUT2D eigenvalue weighted by molar-refractivity contribution is -0.149. The Hall–Kier alpha value is -0.720. The molecule has 1 aromatic rings. The average Bonchev–Trinajstić information content (AvgIpc) is 2.63. The molecule has 0 fully saturated rings. The van der Waals surface area contributed by atoms with E-state index in [4.69, 9.17) is 14.5 Å². The first-order chi connectivity index (χ1) is 12.9. The van der Waals surface area contributed by atoms with Crippen molar-refractivity contribution in [3.8, 4) is 0 Å². The highest BCUT2D eigenvalue weighted by molar-refractivity contribution is 9.09. The number of aryl methyl sites for hydroxylation is 1. The maximum atomic E-state index is 11.8. The minimum atomic E-state index is -4.55. The van der Waals surface area contributed by atoms with Crippen LogP contribution in [0.2, 0.25) is 0 Å². The van der Waals surface area contributed by atoms with Gasteiger partial charge in [-0.15, -0.1) is 0 Å². The molecule has 6 nitrogen and oxygen atoms in total. The number of ether oxygens (including phenoxy) is 1. The molecule has 0 aliphatic rings. The lowest BCUT2D eigenvalue weighted by Gasteiger charge is -2.15. The standard InChI is InChI=1S/C19H30BrO6P/c20-15-18(16-25-27(22,23)24)26-19(21)14-10-5-3-1-2-4-7-11-17-12-8-6-9-13-17/h6,8-9,12-13,18H,1-5,7,10-11,14-16H2,(H2,22,23,24)/t18-/m0/s1. The van der Waals surface area contributed by atoms with Crippen molar-refractivity contribution in [3.05, 3.63) is 35.9 Å². The first-order valence-corrected chi connectivity index (χ1v) is 12.1. The minimum Gasteiger partial charge on any atom is -0.459 e. The summed E-state index contributed by atoms with van der Waals surface area (Å²) in [4.78, 5) is 29.1. The number of hydrogen-bond donors (Lipinski definition) is 2. The van der Waals surface area contributed by atoms with E-state index >= 15 is 0 Å². The van der Waals surface area contributed by atoms with Gasteiger partial charge in [0.25, 0.3) is 0 Å². The van der Waals surface area contributed by atoms with Crippen LogP contribution in [0.3, 0.4) is 0 Å². The second kappa shape index (κ2) is 14.3. The van der Waals surface area contributed by atoms with E-state index in [-0.39, 0.29) is 17.9 Å². The van der Waals surface area contributed by atoms with Crippen LogP contribution < -0.4 is 0 Å². The fourth-order valence-corrected chi connectivity index (χ4v) is 3.34. The molecule has 8 heteroatoms. The van der Waals surface area contributed by atoms with Crippen molar-refractivity contribution in [1.29, 1.82) is 0 Å². The molecule has 0 aromatic heterocycles. The Bertz CT molecular complexity index is 563. The number of esters is 1. The molecule has 0 heterocycles. The maximum absolute atomic E-state index is 11.8. The molecule has 0 saturated carbocycles. The van der Waals surface area contributed by atoms with Gasteiger partial charge in [0.2, 0.25) is 0 Å². The number of halogens is 1. The number of carbonyl (C=O) groups excluding carboxylic acids is 1. The molecule has 1 rings (SSSR count). The molecule has 0 bridgehead atoms. The number of hydrogen-bond acceptors (Lipinski definition) is 4. The van der Waals surface area contributed by atoms with Crippen LogP contribution in [-0.2, 0) is 25.0 Å². The molecule has 0 spiro atoms. The van der Waals surface area contributed by atoms with Crippen LogP contribution in [0, 0.1) is 0 Å². The minimum absolute atomic E-state index is 0.266. The van der Waals surface area contributed by atoms with Gasteiger partial charge in [-0.25, -0.2) is 4.57 Å². The first-order valence-electron chi connectivity index (χ1n) is 9.40. The molecule has 0 amide bonds. The van der Waals surface area contributed by atoms with E-state index in [1.807, 2.05) is 6.07 Å². The predicted octanol–water partition coefficient (Wildman–Crippen LogP) is 4.77. The van der Waals surface area contributed by atoms with Crippen LogP contribution in [0.4, 0.5) is 0 Å². The number of phosphoric ester groups is 1. The first kappa shape index (κ1) is 24.3. The largest absolute Gasteiger partial charge is 0.469 e. The van der Waals surface area contributed by atoms with Gasteiger partial charge in [-0.1, -0.05) is 78.4 Å². The number of phosphoric acid groups is 1. The Morgan fingerprint density at radius 3 is 2.19 bits per heavy atom. The Morgan fingerprint density at radius 1 is 1.00 bits per heavy atom. The van der Waals surface area contributed by atoms with Crippen molar-refractivity contribution >= 4 is 29.7 Å². The number of carbonyl (C=O) groups is 1. The van der Waals surface area contributed by atoms with E-state index in [0.29, 0.717) is 6.42 Å². The molecule has 0 aliphatic heterocycles. The normalized spacial score (nSPS) is 12.7. The fraction of sp³-hybridized carbons (Fsp3) is 0.632. The maximum Gasteiger partial charge on any atom is 0.469 e. The third-order valence-electron chi connectivity index (χ3n) is 4.09. The highest BCUT2D eigenvalue weighted by Gasteiger charge is 2.20. The van der Waals surface area contributed by atoms with Crippen LogP contribution in [0.1, 0.15) is 56.9 Å². The quantitative estimate of drug-likeness (QED) is 0.168. The van der Waals surface area contributed by atoms with Gasteiger partial charge in [0.1, 0.15) is 6.10 Å². The highest BCUT2D eigenvalue weighted by Crippen LogP contribution is 2.36. The summed E-state index contributed by atoms with van der Waals surface area (Å²) >= 11 is 3.14. The zero-order chi connectivity index (χ0) is 20.0. The summed E-state index contributed by atoms with van der Waals surface area (Å²) in [5.41, 5.74) is 1.39. The molecule has 0 aliphatic carbocycles. The summed E-state index contributed by atoms with van der Waals surface area (Å²) in [7, 11) is -4.55. The molecule has 27 heavy (non-hydrogen) atoms. The van der Waals surface area contributed by atoms with Crippen molar-refractivity contribution < 1.29 is 28.4 Å². The zero-order valence-electron chi connectivity index (χ0n) is 15.6.